The van der Waals surface area contributed by atoms with Gasteiger partial charge in [0, 0.05) is 0 Å². The fourth-order valence-corrected chi connectivity index (χ4v) is 4.74. The number of unbranched alkanes of at least 4 members (excludes halogenated alkanes) is 12. The van der Waals surface area contributed by atoms with Gasteiger partial charge in [0.25, 0.3) is 10.1 Å². The van der Waals surface area contributed by atoms with Gasteiger partial charge in [-0.2, -0.15) is 8.42 Å². The normalized spacial score (nSPS) is 12.9. The molecule has 1 unspecified atom stereocenters. The molecule has 0 heterocycles. The highest BCUT2D eigenvalue weighted by molar-refractivity contribution is 7.85. The van der Waals surface area contributed by atoms with Crippen molar-refractivity contribution in [3.8, 4) is 0 Å². The molecule has 0 saturated carbocycles. The van der Waals surface area contributed by atoms with Crippen molar-refractivity contribution in [1.29, 1.82) is 0 Å². The van der Waals surface area contributed by atoms with Gasteiger partial charge in [0.2, 0.25) is 0 Å². The average Bonchev–Trinajstić information content (AvgIpc) is 2.71. The molecule has 1 aromatic rings. The predicted octanol–water partition coefficient (Wildman–Crippen LogP) is 8.37. The smallest absolute Gasteiger partial charge is 0.282 e. The van der Waals surface area contributed by atoms with Crippen LogP contribution in [-0.2, 0) is 16.5 Å². The highest BCUT2D eigenvalue weighted by Gasteiger charge is 2.12. The first-order chi connectivity index (χ1) is 14.5. The van der Waals surface area contributed by atoms with Crippen molar-refractivity contribution in [2.75, 3.05) is 0 Å². The second-order valence-corrected chi connectivity index (χ2v) is 10.4. The van der Waals surface area contributed by atoms with Crippen LogP contribution in [0.5, 0.6) is 0 Å². The van der Waals surface area contributed by atoms with Crippen molar-refractivity contribution in [2.45, 2.75) is 128 Å². The summed E-state index contributed by atoms with van der Waals surface area (Å²) >= 11 is 0. The molecular formula is C26H46O3S. The zero-order chi connectivity index (χ0) is 22.1. The highest BCUT2D eigenvalue weighted by Crippen LogP contribution is 2.23. The van der Waals surface area contributed by atoms with Gasteiger partial charge in [0.1, 0.15) is 0 Å². The second-order valence-electron chi connectivity index (χ2n) is 9.01. The molecule has 0 fully saturated rings. The Morgan fingerprint density at radius 2 is 1.07 bits per heavy atom. The lowest BCUT2D eigenvalue weighted by Gasteiger charge is -2.17. The number of hydrogen-bond acceptors (Lipinski definition) is 2. The molecule has 30 heavy (non-hydrogen) atoms. The Bertz CT molecular complexity index is 622. The van der Waals surface area contributed by atoms with Crippen molar-refractivity contribution in [3.63, 3.8) is 0 Å². The van der Waals surface area contributed by atoms with Gasteiger partial charge in [-0.05, 0) is 30.0 Å². The third-order valence-electron chi connectivity index (χ3n) is 6.18. The van der Waals surface area contributed by atoms with Crippen LogP contribution in [0, 0.1) is 5.92 Å². The summed E-state index contributed by atoms with van der Waals surface area (Å²) in [6, 6.07) is 6.76. The molecule has 0 aliphatic heterocycles. The van der Waals surface area contributed by atoms with Crippen molar-refractivity contribution in [1.82, 2.24) is 0 Å². The summed E-state index contributed by atoms with van der Waals surface area (Å²) in [5.74, 6) is 0.673. The van der Waals surface area contributed by atoms with Gasteiger partial charge in [0.05, 0.1) is 4.90 Å². The molecule has 1 atom stereocenters. The summed E-state index contributed by atoms with van der Waals surface area (Å²) in [4.78, 5) is -0.0147. The van der Waals surface area contributed by atoms with Crippen molar-refractivity contribution in [3.05, 3.63) is 29.8 Å². The van der Waals surface area contributed by atoms with Gasteiger partial charge >= 0.3 is 0 Å². The minimum absolute atomic E-state index is 0.0147. The predicted molar refractivity (Wildman–Crippen MR) is 129 cm³/mol. The zero-order valence-corrected chi connectivity index (χ0v) is 20.4. The molecule has 0 radical (unpaired) electrons. The maximum Gasteiger partial charge on any atom is 0.294 e. The Hall–Kier alpha value is -0.870. The number of rotatable bonds is 19. The van der Waals surface area contributed by atoms with Crippen LogP contribution in [0.1, 0.15) is 122 Å². The summed E-state index contributed by atoms with van der Waals surface area (Å²) in [6.45, 7) is 4.51. The maximum absolute atomic E-state index is 11.2. The van der Waals surface area contributed by atoms with E-state index in [0.29, 0.717) is 5.92 Å². The number of benzene rings is 1. The van der Waals surface area contributed by atoms with Crippen molar-refractivity contribution < 1.29 is 13.0 Å². The molecule has 3 nitrogen and oxygen atoms in total. The van der Waals surface area contributed by atoms with Gasteiger partial charge in [-0.1, -0.05) is 129 Å². The Balaban J connectivity index is 2.28. The van der Waals surface area contributed by atoms with Crippen molar-refractivity contribution in [2.24, 2.45) is 5.92 Å². The SMILES string of the molecule is CCCCCCCCCCCCCC(CCCCC)Cc1ccc(S(=O)(=O)O)cc1. The Kier molecular flexibility index (Phi) is 15.2. The third-order valence-corrected chi connectivity index (χ3v) is 7.05. The first kappa shape index (κ1) is 27.2. The minimum Gasteiger partial charge on any atom is -0.282 e. The van der Waals surface area contributed by atoms with Crippen LogP contribution in [0.4, 0.5) is 0 Å². The van der Waals surface area contributed by atoms with E-state index in [1.165, 1.54) is 120 Å². The van der Waals surface area contributed by atoms with Gasteiger partial charge in [-0.3, -0.25) is 4.55 Å². The Morgan fingerprint density at radius 3 is 1.53 bits per heavy atom. The van der Waals surface area contributed by atoms with Crippen LogP contribution in [0.2, 0.25) is 0 Å². The molecule has 0 saturated heterocycles. The van der Waals surface area contributed by atoms with E-state index in [9.17, 15) is 8.42 Å². The van der Waals surface area contributed by atoms with Crippen LogP contribution in [0.3, 0.4) is 0 Å². The molecule has 0 aliphatic rings. The van der Waals surface area contributed by atoms with E-state index in [2.05, 4.69) is 13.8 Å². The van der Waals surface area contributed by atoms with Crippen LogP contribution < -0.4 is 0 Å². The fourth-order valence-electron chi connectivity index (χ4n) is 4.26. The van der Waals surface area contributed by atoms with E-state index in [1.807, 2.05) is 12.1 Å². The summed E-state index contributed by atoms with van der Waals surface area (Å²) in [7, 11) is -4.10. The summed E-state index contributed by atoms with van der Waals surface area (Å²) in [5, 5.41) is 0. The van der Waals surface area contributed by atoms with Crippen LogP contribution >= 0.6 is 0 Å². The standard InChI is InChI=1S/C26H46O3S/c1-3-5-7-8-9-10-11-12-13-14-16-18-24(17-15-6-4-2)23-25-19-21-26(22-20-25)30(27,28)29/h19-22,24H,3-18,23H2,1-2H3,(H,27,28,29). The van der Waals surface area contributed by atoms with E-state index in [0.717, 1.165) is 6.42 Å². The van der Waals surface area contributed by atoms with Gasteiger partial charge in [-0.15, -0.1) is 0 Å². The molecule has 174 valence electrons. The van der Waals surface area contributed by atoms with Gasteiger partial charge in [0.15, 0.2) is 0 Å². The lowest BCUT2D eigenvalue weighted by atomic mass is 9.89. The molecule has 0 amide bonds. The van der Waals surface area contributed by atoms with Crippen LogP contribution in [-0.4, -0.2) is 13.0 Å². The first-order valence-corrected chi connectivity index (χ1v) is 14.0. The van der Waals surface area contributed by atoms with Gasteiger partial charge in [-0.25, -0.2) is 0 Å². The lowest BCUT2D eigenvalue weighted by molar-refractivity contribution is 0.403. The van der Waals surface area contributed by atoms with E-state index in [4.69, 9.17) is 4.55 Å². The van der Waals surface area contributed by atoms with Crippen molar-refractivity contribution >= 4 is 10.1 Å². The molecule has 4 heteroatoms. The minimum atomic E-state index is -4.10. The fraction of sp³-hybridized carbons (Fsp3) is 0.769. The third kappa shape index (κ3) is 13.4. The molecule has 0 bridgehead atoms. The van der Waals surface area contributed by atoms with E-state index >= 15 is 0 Å². The molecular weight excluding hydrogens is 392 g/mol. The Labute approximate surface area is 186 Å². The summed E-state index contributed by atoms with van der Waals surface area (Å²) in [6.07, 6.45) is 22.5. The lowest BCUT2D eigenvalue weighted by Crippen LogP contribution is -2.06. The number of hydrogen-bond donors (Lipinski definition) is 1. The molecule has 1 rings (SSSR count). The van der Waals surface area contributed by atoms with E-state index in [1.54, 1.807) is 0 Å². The van der Waals surface area contributed by atoms with Crippen LogP contribution in [0.15, 0.2) is 29.2 Å². The topological polar surface area (TPSA) is 54.4 Å². The first-order valence-electron chi connectivity index (χ1n) is 12.5. The molecule has 1 aromatic carbocycles. The monoisotopic (exact) mass is 438 g/mol. The summed E-state index contributed by atoms with van der Waals surface area (Å²) < 4.78 is 31.6. The van der Waals surface area contributed by atoms with Crippen LogP contribution in [0.25, 0.3) is 0 Å². The molecule has 0 spiro atoms. The second kappa shape index (κ2) is 16.8. The summed E-state index contributed by atoms with van der Waals surface area (Å²) in [5.41, 5.74) is 1.17. The van der Waals surface area contributed by atoms with E-state index in [-0.39, 0.29) is 4.90 Å². The zero-order valence-electron chi connectivity index (χ0n) is 19.6. The Morgan fingerprint density at radius 1 is 0.667 bits per heavy atom. The maximum atomic E-state index is 11.2. The molecule has 1 N–H and O–H groups in total. The average molecular weight is 439 g/mol. The molecule has 0 aliphatic carbocycles. The quantitative estimate of drug-likeness (QED) is 0.174. The van der Waals surface area contributed by atoms with Gasteiger partial charge < -0.3 is 0 Å². The van der Waals surface area contributed by atoms with E-state index < -0.39 is 10.1 Å². The largest absolute Gasteiger partial charge is 0.294 e. The highest BCUT2D eigenvalue weighted by atomic mass is 32.2. The molecule has 0 aromatic heterocycles.